The monoisotopic (exact) mass is 322 g/mol. The number of benzene rings is 1. The summed E-state index contributed by atoms with van der Waals surface area (Å²) in [5, 5.41) is 6.72. The normalized spacial score (nSPS) is 10.8. The van der Waals surface area contributed by atoms with Gasteiger partial charge in [0, 0.05) is 16.1 Å². The van der Waals surface area contributed by atoms with Gasteiger partial charge in [0.05, 0.1) is 5.69 Å². The second-order valence-electron chi connectivity index (χ2n) is 4.62. The van der Waals surface area contributed by atoms with Gasteiger partial charge in [0.15, 0.2) is 5.76 Å². The van der Waals surface area contributed by atoms with Crippen LogP contribution in [-0.4, -0.2) is 11.1 Å². The SMILES string of the molecule is Cc1noc(C(C)C)c1C(=O)Nc1ccc(Br)cc1. The van der Waals surface area contributed by atoms with Gasteiger partial charge in [-0.2, -0.15) is 0 Å². The minimum absolute atomic E-state index is 0.117. The van der Waals surface area contributed by atoms with Crippen LogP contribution < -0.4 is 5.32 Å². The maximum Gasteiger partial charge on any atom is 0.261 e. The molecule has 5 heteroatoms. The number of anilines is 1. The molecule has 2 aromatic rings. The van der Waals surface area contributed by atoms with Crippen LogP contribution in [0.1, 0.15) is 41.6 Å². The molecule has 0 fully saturated rings. The molecule has 1 heterocycles. The molecule has 1 N–H and O–H groups in total. The van der Waals surface area contributed by atoms with Crippen molar-refractivity contribution >= 4 is 27.5 Å². The van der Waals surface area contributed by atoms with Crippen molar-refractivity contribution in [3.05, 3.63) is 45.8 Å². The number of nitrogens with zero attached hydrogens (tertiary/aromatic N) is 1. The smallest absolute Gasteiger partial charge is 0.261 e. The first-order valence-corrected chi connectivity index (χ1v) is 6.81. The highest BCUT2D eigenvalue weighted by Crippen LogP contribution is 2.23. The first kappa shape index (κ1) is 13.8. The average Bonchev–Trinajstić information content (AvgIpc) is 2.74. The molecular weight excluding hydrogens is 308 g/mol. The molecule has 100 valence electrons. The van der Waals surface area contributed by atoms with Crippen LogP contribution in [0.25, 0.3) is 0 Å². The van der Waals surface area contributed by atoms with Gasteiger partial charge < -0.3 is 9.84 Å². The van der Waals surface area contributed by atoms with Crippen molar-refractivity contribution in [2.24, 2.45) is 0 Å². The fourth-order valence-corrected chi connectivity index (χ4v) is 2.05. The van der Waals surface area contributed by atoms with Crippen LogP contribution in [0.5, 0.6) is 0 Å². The molecule has 1 aromatic heterocycles. The van der Waals surface area contributed by atoms with Gasteiger partial charge in [-0.15, -0.1) is 0 Å². The van der Waals surface area contributed by atoms with Crippen LogP contribution in [0.2, 0.25) is 0 Å². The number of rotatable bonds is 3. The number of aryl methyl sites for hydroxylation is 1. The molecule has 0 aliphatic carbocycles. The van der Waals surface area contributed by atoms with E-state index in [2.05, 4.69) is 26.4 Å². The van der Waals surface area contributed by atoms with E-state index >= 15 is 0 Å². The third-order valence-corrected chi connectivity index (χ3v) is 3.27. The van der Waals surface area contributed by atoms with Crippen molar-refractivity contribution in [3.63, 3.8) is 0 Å². The van der Waals surface area contributed by atoms with Crippen LogP contribution in [-0.2, 0) is 0 Å². The number of nitrogens with one attached hydrogen (secondary N) is 1. The molecule has 19 heavy (non-hydrogen) atoms. The summed E-state index contributed by atoms with van der Waals surface area (Å²) in [6, 6.07) is 7.42. The summed E-state index contributed by atoms with van der Waals surface area (Å²) in [6.07, 6.45) is 0. The van der Waals surface area contributed by atoms with Gasteiger partial charge >= 0.3 is 0 Å². The molecule has 0 atom stereocenters. The van der Waals surface area contributed by atoms with Gasteiger partial charge in [0.25, 0.3) is 5.91 Å². The van der Waals surface area contributed by atoms with E-state index in [-0.39, 0.29) is 11.8 Å². The number of aromatic nitrogens is 1. The number of amides is 1. The lowest BCUT2D eigenvalue weighted by Gasteiger charge is -2.07. The summed E-state index contributed by atoms with van der Waals surface area (Å²) in [7, 11) is 0. The quantitative estimate of drug-likeness (QED) is 0.924. The fourth-order valence-electron chi connectivity index (χ4n) is 1.78. The predicted octanol–water partition coefficient (Wildman–Crippen LogP) is 4.12. The Morgan fingerprint density at radius 3 is 2.53 bits per heavy atom. The van der Waals surface area contributed by atoms with E-state index < -0.39 is 0 Å². The largest absolute Gasteiger partial charge is 0.360 e. The lowest BCUT2D eigenvalue weighted by Crippen LogP contribution is -2.14. The van der Waals surface area contributed by atoms with Crippen molar-refractivity contribution < 1.29 is 9.32 Å². The Bertz CT molecular complexity index is 588. The van der Waals surface area contributed by atoms with E-state index in [1.54, 1.807) is 6.92 Å². The highest BCUT2D eigenvalue weighted by molar-refractivity contribution is 9.10. The lowest BCUT2D eigenvalue weighted by molar-refractivity contribution is 0.102. The third kappa shape index (κ3) is 3.04. The molecule has 1 amide bonds. The number of carbonyl (C=O) groups is 1. The van der Waals surface area contributed by atoms with Crippen molar-refractivity contribution in [2.45, 2.75) is 26.7 Å². The first-order valence-electron chi connectivity index (χ1n) is 6.02. The van der Waals surface area contributed by atoms with Crippen molar-refractivity contribution in [1.82, 2.24) is 5.16 Å². The first-order chi connectivity index (χ1) is 8.99. The Labute approximate surface area is 120 Å². The summed E-state index contributed by atoms with van der Waals surface area (Å²) in [5.41, 5.74) is 1.87. The second kappa shape index (κ2) is 5.57. The molecule has 0 aliphatic heterocycles. The van der Waals surface area contributed by atoms with Gasteiger partial charge in [-0.3, -0.25) is 4.79 Å². The van der Waals surface area contributed by atoms with Crippen LogP contribution >= 0.6 is 15.9 Å². The molecule has 0 radical (unpaired) electrons. The summed E-state index contributed by atoms with van der Waals surface area (Å²) >= 11 is 3.35. The molecule has 1 aromatic carbocycles. The Morgan fingerprint density at radius 2 is 1.95 bits per heavy atom. The van der Waals surface area contributed by atoms with Crippen LogP contribution in [0, 0.1) is 6.92 Å². The summed E-state index contributed by atoms with van der Waals surface area (Å²) < 4.78 is 6.18. The number of carbonyl (C=O) groups excluding carboxylic acids is 1. The van der Waals surface area contributed by atoms with Crippen LogP contribution in [0.15, 0.2) is 33.3 Å². The Balaban J connectivity index is 2.25. The van der Waals surface area contributed by atoms with Crippen molar-refractivity contribution in [1.29, 1.82) is 0 Å². The van der Waals surface area contributed by atoms with Crippen molar-refractivity contribution in [2.75, 3.05) is 5.32 Å². The zero-order chi connectivity index (χ0) is 14.0. The van der Waals surface area contributed by atoms with Crippen molar-refractivity contribution in [3.8, 4) is 0 Å². The Hall–Kier alpha value is -1.62. The van der Waals surface area contributed by atoms with E-state index in [1.165, 1.54) is 0 Å². The van der Waals surface area contributed by atoms with Gasteiger partial charge in [-0.25, -0.2) is 0 Å². The molecule has 0 saturated heterocycles. The van der Waals surface area contributed by atoms with E-state index in [9.17, 15) is 4.79 Å². The van der Waals surface area contributed by atoms with Gasteiger partial charge in [-0.1, -0.05) is 34.9 Å². The average molecular weight is 323 g/mol. The topological polar surface area (TPSA) is 55.1 Å². The zero-order valence-electron chi connectivity index (χ0n) is 11.0. The number of halogens is 1. The molecule has 0 spiro atoms. The zero-order valence-corrected chi connectivity index (χ0v) is 12.6. The van der Waals surface area contributed by atoms with Gasteiger partial charge in [0.2, 0.25) is 0 Å². The maximum absolute atomic E-state index is 12.3. The standard InChI is InChI=1S/C14H15BrN2O2/c1-8(2)13-12(9(3)17-19-13)14(18)16-11-6-4-10(15)5-7-11/h4-8H,1-3H3,(H,16,18). The Morgan fingerprint density at radius 1 is 1.32 bits per heavy atom. The number of hydrogen-bond donors (Lipinski definition) is 1. The lowest BCUT2D eigenvalue weighted by atomic mass is 10.0. The number of hydrogen-bond acceptors (Lipinski definition) is 3. The van der Waals surface area contributed by atoms with E-state index in [0.717, 1.165) is 10.2 Å². The molecule has 0 saturated carbocycles. The van der Waals surface area contributed by atoms with Gasteiger partial charge in [0.1, 0.15) is 5.56 Å². The minimum atomic E-state index is -0.190. The fraction of sp³-hybridized carbons (Fsp3) is 0.286. The van der Waals surface area contributed by atoms with E-state index in [0.29, 0.717) is 17.0 Å². The third-order valence-electron chi connectivity index (χ3n) is 2.74. The second-order valence-corrected chi connectivity index (χ2v) is 5.54. The molecular formula is C14H15BrN2O2. The summed E-state index contributed by atoms with van der Waals surface area (Å²) in [5.74, 6) is 0.545. The summed E-state index contributed by atoms with van der Waals surface area (Å²) in [4.78, 5) is 12.3. The minimum Gasteiger partial charge on any atom is -0.360 e. The highest BCUT2D eigenvalue weighted by atomic mass is 79.9. The van der Waals surface area contributed by atoms with Gasteiger partial charge in [-0.05, 0) is 31.2 Å². The molecule has 0 bridgehead atoms. The molecule has 0 unspecified atom stereocenters. The Kier molecular flexibility index (Phi) is 4.04. The molecule has 4 nitrogen and oxygen atoms in total. The van der Waals surface area contributed by atoms with Crippen LogP contribution in [0.3, 0.4) is 0 Å². The van der Waals surface area contributed by atoms with Crippen LogP contribution in [0.4, 0.5) is 5.69 Å². The maximum atomic E-state index is 12.3. The van der Waals surface area contributed by atoms with E-state index in [4.69, 9.17) is 4.52 Å². The predicted molar refractivity (Wildman–Crippen MR) is 77.4 cm³/mol. The van der Waals surface area contributed by atoms with E-state index in [1.807, 2.05) is 38.1 Å². The highest BCUT2D eigenvalue weighted by Gasteiger charge is 2.22. The summed E-state index contributed by atoms with van der Waals surface area (Å²) in [6.45, 7) is 5.71. The molecule has 2 rings (SSSR count). The molecule has 0 aliphatic rings.